The van der Waals surface area contributed by atoms with Crippen molar-refractivity contribution in [1.82, 2.24) is 0 Å². The van der Waals surface area contributed by atoms with E-state index in [0.717, 1.165) is 11.4 Å². The van der Waals surface area contributed by atoms with Crippen LogP contribution in [-0.2, 0) is 10.8 Å². The highest BCUT2D eigenvalue weighted by Crippen LogP contribution is 2.50. The van der Waals surface area contributed by atoms with E-state index < -0.39 is 0 Å². The molecule has 1 heteroatoms. The molecule has 1 N–H and O–H groups in total. The monoisotopic (exact) mass is 613 g/mol. The van der Waals surface area contributed by atoms with Crippen LogP contribution >= 0.6 is 0 Å². The molecule has 0 bridgehead atoms. The number of anilines is 2. The molecule has 0 radical (unpaired) electrons. The molecule has 2 aliphatic carbocycles. The molecule has 0 aliphatic heterocycles. The third kappa shape index (κ3) is 5.48. The second-order valence-electron chi connectivity index (χ2n) is 13.1. The predicted molar refractivity (Wildman–Crippen MR) is 205 cm³/mol. The number of hydrogen-bond acceptors (Lipinski definition) is 1. The lowest BCUT2D eigenvalue weighted by atomic mass is 9.81. The van der Waals surface area contributed by atoms with Crippen LogP contribution in [0, 0.1) is 0 Å². The maximum Gasteiger partial charge on any atom is 0.0384 e. The molecular weight excluding hydrogens is 567 g/mol. The second kappa shape index (κ2) is 12.7. The summed E-state index contributed by atoms with van der Waals surface area (Å²) in [7, 11) is 0. The van der Waals surface area contributed by atoms with Crippen LogP contribution in [0.15, 0.2) is 133 Å². The molecule has 0 amide bonds. The van der Waals surface area contributed by atoms with Gasteiger partial charge in [0, 0.05) is 22.2 Å². The van der Waals surface area contributed by atoms with Crippen molar-refractivity contribution in [2.45, 2.75) is 66.2 Å². The Morgan fingerprint density at radius 1 is 0.340 bits per heavy atom. The first kappa shape index (κ1) is 32.1. The molecule has 0 unspecified atom stereocenters. The van der Waals surface area contributed by atoms with E-state index in [1.54, 1.807) is 0 Å². The Morgan fingerprint density at radius 2 is 0.660 bits per heavy atom. The van der Waals surface area contributed by atoms with Crippen LogP contribution in [0.25, 0.3) is 44.5 Å². The number of benzene rings is 6. The van der Waals surface area contributed by atoms with Gasteiger partial charge in [-0.2, -0.15) is 0 Å². The summed E-state index contributed by atoms with van der Waals surface area (Å²) in [6, 6.07) is 49.1. The first-order chi connectivity index (χ1) is 22.8. The lowest BCUT2D eigenvalue weighted by molar-refractivity contribution is 0.660. The summed E-state index contributed by atoms with van der Waals surface area (Å²) in [5, 5.41) is 3.59. The Labute approximate surface area is 282 Å². The van der Waals surface area contributed by atoms with Gasteiger partial charge >= 0.3 is 0 Å². The maximum absolute atomic E-state index is 3.59. The molecular formula is C46H47N. The largest absolute Gasteiger partial charge is 0.356 e. The molecule has 236 valence electrons. The van der Waals surface area contributed by atoms with Crippen LogP contribution in [0.2, 0.25) is 0 Å². The van der Waals surface area contributed by atoms with Crippen molar-refractivity contribution in [3.8, 4) is 44.5 Å². The van der Waals surface area contributed by atoms with E-state index in [1.165, 1.54) is 66.8 Å². The van der Waals surface area contributed by atoms with Gasteiger partial charge in [0.2, 0.25) is 0 Å². The highest BCUT2D eigenvalue weighted by molar-refractivity contribution is 5.85. The average molecular weight is 614 g/mol. The third-order valence-corrected chi connectivity index (χ3v) is 9.89. The lowest BCUT2D eigenvalue weighted by Crippen LogP contribution is -2.14. The van der Waals surface area contributed by atoms with Gasteiger partial charge in [-0.25, -0.2) is 0 Å². The van der Waals surface area contributed by atoms with Crippen LogP contribution in [-0.4, -0.2) is 0 Å². The summed E-state index contributed by atoms with van der Waals surface area (Å²) in [6.07, 6.45) is 0. The third-order valence-electron chi connectivity index (χ3n) is 9.89. The number of fused-ring (bicyclic) bond motifs is 6. The van der Waals surface area contributed by atoms with E-state index in [2.05, 4.69) is 166 Å². The van der Waals surface area contributed by atoms with Crippen LogP contribution in [0.3, 0.4) is 0 Å². The highest BCUT2D eigenvalue weighted by Gasteiger charge is 2.36. The van der Waals surface area contributed by atoms with Gasteiger partial charge in [-0.15, -0.1) is 0 Å². The first-order valence-electron chi connectivity index (χ1n) is 17.3. The van der Waals surface area contributed by atoms with Crippen LogP contribution in [0.5, 0.6) is 0 Å². The Hall–Kier alpha value is -4.88. The van der Waals surface area contributed by atoms with Crippen molar-refractivity contribution >= 4 is 11.4 Å². The summed E-state index contributed by atoms with van der Waals surface area (Å²) >= 11 is 0. The number of rotatable bonds is 4. The summed E-state index contributed by atoms with van der Waals surface area (Å²) in [4.78, 5) is 0. The summed E-state index contributed by atoms with van der Waals surface area (Å²) < 4.78 is 0. The van der Waals surface area contributed by atoms with E-state index >= 15 is 0 Å². The van der Waals surface area contributed by atoms with Gasteiger partial charge in [0.1, 0.15) is 0 Å². The molecule has 0 saturated heterocycles. The zero-order chi connectivity index (χ0) is 33.3. The van der Waals surface area contributed by atoms with Crippen molar-refractivity contribution in [2.24, 2.45) is 0 Å². The fourth-order valence-electron chi connectivity index (χ4n) is 7.43. The quantitative estimate of drug-likeness (QED) is 0.209. The van der Waals surface area contributed by atoms with E-state index in [1.807, 2.05) is 27.7 Å². The molecule has 0 fully saturated rings. The molecule has 1 nitrogen and oxygen atoms in total. The van der Waals surface area contributed by atoms with Crippen molar-refractivity contribution < 1.29 is 0 Å². The minimum Gasteiger partial charge on any atom is -0.356 e. The van der Waals surface area contributed by atoms with Gasteiger partial charge in [-0.1, -0.05) is 152 Å². The van der Waals surface area contributed by atoms with Crippen LogP contribution in [0.4, 0.5) is 11.4 Å². The van der Waals surface area contributed by atoms with Gasteiger partial charge in [-0.05, 0) is 103 Å². The summed E-state index contributed by atoms with van der Waals surface area (Å²) in [5.41, 5.74) is 18.3. The van der Waals surface area contributed by atoms with Crippen molar-refractivity contribution in [3.63, 3.8) is 0 Å². The summed E-state index contributed by atoms with van der Waals surface area (Å²) in [5.74, 6) is 0. The lowest BCUT2D eigenvalue weighted by Gasteiger charge is -2.22. The second-order valence-corrected chi connectivity index (χ2v) is 13.1. The Kier molecular flexibility index (Phi) is 8.68. The van der Waals surface area contributed by atoms with Gasteiger partial charge in [0.25, 0.3) is 0 Å². The van der Waals surface area contributed by atoms with Crippen molar-refractivity contribution in [1.29, 1.82) is 0 Å². The number of hydrogen-bond donors (Lipinski definition) is 1. The van der Waals surface area contributed by atoms with Crippen LogP contribution in [0.1, 0.15) is 77.6 Å². The first-order valence-corrected chi connectivity index (χ1v) is 17.3. The molecule has 6 aromatic rings. The standard InChI is InChI=1S/C42H35N.2C2H6/c1-41(2)37-11-7-5-9-33(37)35-23-17-29(25-39(35)41)27-13-19-31(20-14-27)43-32-21-15-28(16-22-32)30-18-24-36-34-10-6-8-12-38(34)42(3,4)40(36)26-30;2*1-2/h5-26,43H,1-4H3;2*1-2H3. The molecule has 0 aromatic heterocycles. The van der Waals surface area contributed by atoms with Gasteiger partial charge in [0.15, 0.2) is 0 Å². The topological polar surface area (TPSA) is 12.0 Å². The zero-order valence-corrected chi connectivity index (χ0v) is 29.2. The smallest absolute Gasteiger partial charge is 0.0384 e. The molecule has 0 atom stereocenters. The normalized spacial score (nSPS) is 13.9. The van der Waals surface area contributed by atoms with Gasteiger partial charge in [0.05, 0.1) is 0 Å². The van der Waals surface area contributed by atoms with Crippen molar-refractivity contribution in [3.05, 3.63) is 156 Å². The molecule has 8 rings (SSSR count). The zero-order valence-electron chi connectivity index (χ0n) is 29.2. The molecule has 0 spiro atoms. The van der Waals surface area contributed by atoms with E-state index in [0.29, 0.717) is 0 Å². The average Bonchev–Trinajstić information content (AvgIpc) is 3.50. The molecule has 0 heterocycles. The van der Waals surface area contributed by atoms with Crippen molar-refractivity contribution in [2.75, 3.05) is 5.32 Å². The molecule has 6 aromatic carbocycles. The van der Waals surface area contributed by atoms with E-state index in [4.69, 9.17) is 0 Å². The summed E-state index contributed by atoms with van der Waals surface area (Å²) in [6.45, 7) is 17.3. The fraction of sp³-hybridized carbons (Fsp3) is 0.217. The van der Waals surface area contributed by atoms with E-state index in [9.17, 15) is 0 Å². The molecule has 0 saturated carbocycles. The van der Waals surface area contributed by atoms with Gasteiger partial charge < -0.3 is 5.32 Å². The SMILES string of the molecule is CC.CC.CC1(C)c2ccccc2-c2ccc(-c3ccc(Nc4ccc(-c5ccc6c(c5)C(C)(C)c5ccccc5-6)cc4)cc3)cc21. The highest BCUT2D eigenvalue weighted by atomic mass is 14.9. The Balaban J connectivity index is 0.000000932. The Morgan fingerprint density at radius 3 is 1.04 bits per heavy atom. The van der Waals surface area contributed by atoms with E-state index in [-0.39, 0.29) is 10.8 Å². The minimum atomic E-state index is 0.0105. The maximum atomic E-state index is 3.59. The van der Waals surface area contributed by atoms with Crippen LogP contribution < -0.4 is 5.32 Å². The van der Waals surface area contributed by atoms with Gasteiger partial charge in [-0.3, -0.25) is 0 Å². The predicted octanol–water partition coefficient (Wildman–Crippen LogP) is 13.4. The molecule has 47 heavy (non-hydrogen) atoms. The fourth-order valence-corrected chi connectivity index (χ4v) is 7.43. The minimum absolute atomic E-state index is 0.0105. The number of nitrogens with one attached hydrogen (secondary N) is 1. The Bertz CT molecular complexity index is 1880. The molecule has 2 aliphatic rings.